The van der Waals surface area contributed by atoms with Gasteiger partial charge in [-0.2, -0.15) is 4.31 Å². The van der Waals surface area contributed by atoms with Gasteiger partial charge in [0.05, 0.1) is 11.4 Å². The lowest BCUT2D eigenvalue weighted by Crippen LogP contribution is -2.40. The lowest BCUT2D eigenvalue weighted by molar-refractivity contribution is -0.116. The maximum absolute atomic E-state index is 13.4. The molecule has 0 bridgehead atoms. The van der Waals surface area contributed by atoms with Crippen molar-refractivity contribution in [1.29, 1.82) is 0 Å². The third-order valence-corrected chi connectivity index (χ3v) is 6.02. The van der Waals surface area contributed by atoms with Crippen LogP contribution < -0.4 is 5.32 Å². The van der Waals surface area contributed by atoms with Crippen molar-refractivity contribution in [3.05, 3.63) is 54.3 Å². The molecule has 7 nitrogen and oxygen atoms in total. The molecule has 0 spiro atoms. The highest BCUT2D eigenvalue weighted by molar-refractivity contribution is 7.89. The Hall–Kier alpha value is -2.71. The third-order valence-electron chi connectivity index (χ3n) is 4.15. The zero-order valence-electron chi connectivity index (χ0n) is 16.0. The summed E-state index contributed by atoms with van der Waals surface area (Å²) >= 11 is 0. The van der Waals surface area contributed by atoms with Crippen molar-refractivity contribution in [2.24, 2.45) is 5.92 Å². The number of aromatic nitrogens is 1. The zero-order valence-corrected chi connectivity index (χ0v) is 16.9. The fourth-order valence-corrected chi connectivity index (χ4v) is 4.76. The minimum Gasteiger partial charge on any atom is -0.360 e. The van der Waals surface area contributed by atoms with Gasteiger partial charge < -0.3 is 9.84 Å². The van der Waals surface area contributed by atoms with Crippen LogP contribution in [0.5, 0.6) is 0 Å². The average molecular weight is 401 g/mol. The number of sulfonamides is 1. The van der Waals surface area contributed by atoms with E-state index in [9.17, 15) is 13.2 Å². The van der Waals surface area contributed by atoms with Crippen LogP contribution in [0.1, 0.15) is 19.6 Å². The summed E-state index contributed by atoms with van der Waals surface area (Å²) in [4.78, 5) is 12.6. The van der Waals surface area contributed by atoms with Gasteiger partial charge in [-0.3, -0.25) is 4.79 Å². The minimum atomic E-state index is -3.88. The van der Waals surface area contributed by atoms with E-state index in [-0.39, 0.29) is 29.7 Å². The summed E-state index contributed by atoms with van der Waals surface area (Å²) in [5.74, 6) is 0.386. The van der Waals surface area contributed by atoms with Crippen LogP contribution in [0, 0.1) is 12.8 Å². The molecule has 0 saturated carbocycles. The highest BCUT2D eigenvalue weighted by Gasteiger charge is 2.29. The molecule has 0 atom stereocenters. The molecule has 3 rings (SSSR count). The van der Waals surface area contributed by atoms with Gasteiger partial charge >= 0.3 is 0 Å². The summed E-state index contributed by atoms with van der Waals surface area (Å²) < 4.78 is 32.9. The third kappa shape index (κ3) is 4.40. The molecule has 148 valence electrons. The fourth-order valence-electron chi connectivity index (χ4n) is 2.98. The van der Waals surface area contributed by atoms with Crippen LogP contribution in [0.4, 0.5) is 5.82 Å². The molecule has 0 aliphatic heterocycles. The number of hydrogen-bond donors (Lipinski definition) is 1. The van der Waals surface area contributed by atoms with E-state index in [0.29, 0.717) is 11.1 Å². The molecule has 1 amide bonds. The standard InChI is InChI=1S/C20H23N3O4S/c1-14(2)12-23(13-20(24)21-19-11-15(3)27-22-19)28(25,26)18-10-6-8-16-7-4-5-9-17(16)18/h4-11,14H,12-13H2,1-3H3,(H,21,22,24). The van der Waals surface area contributed by atoms with Crippen LogP contribution >= 0.6 is 0 Å². The lowest BCUT2D eigenvalue weighted by Gasteiger charge is -2.24. The lowest BCUT2D eigenvalue weighted by atomic mass is 10.1. The molecule has 0 aliphatic carbocycles. The van der Waals surface area contributed by atoms with E-state index in [4.69, 9.17) is 4.52 Å². The number of hydrogen-bond acceptors (Lipinski definition) is 5. The van der Waals surface area contributed by atoms with E-state index in [0.717, 1.165) is 5.39 Å². The molecule has 8 heteroatoms. The Morgan fingerprint density at radius 2 is 1.89 bits per heavy atom. The molecule has 2 aromatic carbocycles. The average Bonchev–Trinajstić information content (AvgIpc) is 3.04. The van der Waals surface area contributed by atoms with E-state index in [1.54, 1.807) is 37.3 Å². The Labute approximate surface area is 164 Å². The van der Waals surface area contributed by atoms with E-state index in [1.165, 1.54) is 4.31 Å². The maximum atomic E-state index is 13.4. The van der Waals surface area contributed by atoms with E-state index >= 15 is 0 Å². The molecule has 3 aromatic rings. The Kier molecular flexibility index (Phi) is 5.81. The number of amides is 1. The number of rotatable bonds is 7. The molecular formula is C20H23N3O4S. The van der Waals surface area contributed by atoms with Gasteiger partial charge in [0.2, 0.25) is 15.9 Å². The van der Waals surface area contributed by atoms with Crippen LogP contribution in [-0.4, -0.2) is 36.9 Å². The second kappa shape index (κ2) is 8.12. The summed E-state index contributed by atoms with van der Waals surface area (Å²) in [6.07, 6.45) is 0. The Balaban J connectivity index is 1.92. The Morgan fingerprint density at radius 1 is 1.18 bits per heavy atom. The molecule has 0 aliphatic rings. The van der Waals surface area contributed by atoms with Gasteiger partial charge in [0, 0.05) is 18.0 Å². The van der Waals surface area contributed by atoms with E-state index in [2.05, 4.69) is 10.5 Å². The van der Waals surface area contributed by atoms with E-state index in [1.807, 2.05) is 32.0 Å². The van der Waals surface area contributed by atoms with Gasteiger partial charge in [0.15, 0.2) is 5.82 Å². The second-order valence-corrected chi connectivity index (χ2v) is 8.95. The normalized spacial score (nSPS) is 12.0. The first-order valence-electron chi connectivity index (χ1n) is 8.98. The molecular weight excluding hydrogens is 378 g/mol. The molecule has 28 heavy (non-hydrogen) atoms. The van der Waals surface area contributed by atoms with Crippen molar-refractivity contribution in [3.63, 3.8) is 0 Å². The summed E-state index contributed by atoms with van der Waals surface area (Å²) in [6, 6.07) is 14.0. The number of nitrogens with zero attached hydrogens (tertiary/aromatic N) is 2. The van der Waals surface area contributed by atoms with Gasteiger partial charge in [0.25, 0.3) is 0 Å². The maximum Gasteiger partial charge on any atom is 0.244 e. The molecule has 0 radical (unpaired) electrons. The van der Waals surface area contributed by atoms with E-state index < -0.39 is 15.9 Å². The van der Waals surface area contributed by atoms with Gasteiger partial charge in [0.1, 0.15) is 5.76 Å². The summed E-state index contributed by atoms with van der Waals surface area (Å²) in [7, 11) is -3.88. The first-order valence-corrected chi connectivity index (χ1v) is 10.4. The van der Waals surface area contributed by atoms with Gasteiger partial charge in [-0.15, -0.1) is 0 Å². The van der Waals surface area contributed by atoms with Crippen LogP contribution in [-0.2, 0) is 14.8 Å². The summed E-state index contributed by atoms with van der Waals surface area (Å²) in [6.45, 7) is 5.43. The molecule has 0 unspecified atom stereocenters. The Bertz CT molecular complexity index is 1080. The quantitative estimate of drug-likeness (QED) is 0.655. The number of carbonyl (C=O) groups is 1. The second-order valence-electron chi connectivity index (χ2n) is 7.04. The molecule has 1 N–H and O–H groups in total. The predicted octanol–water partition coefficient (Wildman–Crippen LogP) is 3.42. The van der Waals surface area contributed by atoms with Crippen molar-refractivity contribution in [3.8, 4) is 0 Å². The van der Waals surface area contributed by atoms with Crippen LogP contribution in [0.25, 0.3) is 10.8 Å². The highest BCUT2D eigenvalue weighted by atomic mass is 32.2. The summed E-state index contributed by atoms with van der Waals surface area (Å²) in [5.41, 5.74) is 0. The van der Waals surface area contributed by atoms with Crippen LogP contribution in [0.15, 0.2) is 57.9 Å². The van der Waals surface area contributed by atoms with Crippen molar-refractivity contribution < 1.29 is 17.7 Å². The Morgan fingerprint density at radius 3 is 2.57 bits per heavy atom. The number of carbonyl (C=O) groups excluding carboxylic acids is 1. The number of aryl methyl sites for hydroxylation is 1. The number of anilines is 1. The van der Waals surface area contributed by atoms with Crippen LogP contribution in [0.3, 0.4) is 0 Å². The molecule has 0 saturated heterocycles. The monoisotopic (exact) mass is 401 g/mol. The largest absolute Gasteiger partial charge is 0.360 e. The number of nitrogens with one attached hydrogen (secondary N) is 1. The molecule has 1 heterocycles. The molecule has 0 fully saturated rings. The summed E-state index contributed by atoms with van der Waals surface area (Å²) in [5, 5.41) is 7.75. The van der Waals surface area contributed by atoms with Crippen molar-refractivity contribution >= 4 is 32.5 Å². The topological polar surface area (TPSA) is 92.5 Å². The number of benzene rings is 2. The minimum absolute atomic E-state index is 0.0480. The fraction of sp³-hybridized carbons (Fsp3) is 0.300. The smallest absolute Gasteiger partial charge is 0.244 e. The van der Waals surface area contributed by atoms with Crippen molar-refractivity contribution in [2.75, 3.05) is 18.4 Å². The number of fused-ring (bicyclic) bond motifs is 1. The molecule has 1 aromatic heterocycles. The predicted molar refractivity (Wildman–Crippen MR) is 107 cm³/mol. The first-order chi connectivity index (χ1) is 13.3. The zero-order chi connectivity index (χ0) is 20.3. The van der Waals surface area contributed by atoms with Crippen LogP contribution in [0.2, 0.25) is 0 Å². The van der Waals surface area contributed by atoms with Crippen molar-refractivity contribution in [1.82, 2.24) is 9.46 Å². The van der Waals surface area contributed by atoms with Gasteiger partial charge in [-0.1, -0.05) is 55.4 Å². The van der Waals surface area contributed by atoms with Gasteiger partial charge in [-0.25, -0.2) is 8.42 Å². The van der Waals surface area contributed by atoms with Gasteiger partial charge in [-0.05, 0) is 24.3 Å². The van der Waals surface area contributed by atoms with Crippen molar-refractivity contribution in [2.45, 2.75) is 25.7 Å². The SMILES string of the molecule is Cc1cc(NC(=O)CN(CC(C)C)S(=O)(=O)c2cccc3ccccc23)no1. The first kappa shape index (κ1) is 20.0. The highest BCUT2D eigenvalue weighted by Crippen LogP contribution is 2.26.